The highest BCUT2D eigenvalue weighted by atomic mass is 127. The van der Waals surface area contributed by atoms with Crippen molar-refractivity contribution >= 4 is 41.5 Å². The Morgan fingerprint density at radius 3 is 2.78 bits per heavy atom. The van der Waals surface area contributed by atoms with E-state index in [-0.39, 0.29) is 41.9 Å². The second kappa shape index (κ2) is 10.2. The predicted octanol–water partition coefficient (Wildman–Crippen LogP) is 3.43. The van der Waals surface area contributed by atoms with Crippen LogP contribution in [0.3, 0.4) is 0 Å². The molecule has 1 heterocycles. The van der Waals surface area contributed by atoms with E-state index in [1.165, 1.54) is 6.07 Å². The molecule has 3 rings (SSSR count). The zero-order valence-corrected chi connectivity index (χ0v) is 19.1. The van der Waals surface area contributed by atoms with Crippen molar-refractivity contribution in [2.45, 2.75) is 38.5 Å². The SMILES string of the molecule is CN=C(NCC(c1c(F)cccc1Cl)N1CCOC(C)C1)NC1CC1C.I. The molecule has 0 radical (unpaired) electrons. The van der Waals surface area contributed by atoms with E-state index in [0.29, 0.717) is 35.7 Å². The molecule has 1 aliphatic heterocycles. The van der Waals surface area contributed by atoms with Gasteiger partial charge in [0, 0.05) is 43.3 Å². The van der Waals surface area contributed by atoms with Crippen molar-refractivity contribution in [1.82, 2.24) is 15.5 Å². The Bertz CT molecular complexity index is 642. The highest BCUT2D eigenvalue weighted by molar-refractivity contribution is 14.0. The minimum Gasteiger partial charge on any atom is -0.376 e. The molecule has 0 spiro atoms. The van der Waals surface area contributed by atoms with Gasteiger partial charge in [0.25, 0.3) is 0 Å². The van der Waals surface area contributed by atoms with Crippen molar-refractivity contribution in [1.29, 1.82) is 0 Å². The van der Waals surface area contributed by atoms with Crippen LogP contribution in [0.1, 0.15) is 31.9 Å². The van der Waals surface area contributed by atoms with E-state index in [1.54, 1.807) is 19.2 Å². The number of benzene rings is 1. The van der Waals surface area contributed by atoms with Crippen LogP contribution in [0.25, 0.3) is 0 Å². The van der Waals surface area contributed by atoms with Gasteiger partial charge in [-0.05, 0) is 31.4 Å². The van der Waals surface area contributed by atoms with Gasteiger partial charge in [-0.2, -0.15) is 0 Å². The summed E-state index contributed by atoms with van der Waals surface area (Å²) in [5.74, 6) is 1.14. The van der Waals surface area contributed by atoms with Crippen molar-refractivity contribution in [3.8, 4) is 0 Å². The predicted molar refractivity (Wildman–Crippen MR) is 119 cm³/mol. The third kappa shape index (κ3) is 5.92. The van der Waals surface area contributed by atoms with Gasteiger partial charge < -0.3 is 15.4 Å². The summed E-state index contributed by atoms with van der Waals surface area (Å²) in [6, 6.07) is 5.14. The van der Waals surface area contributed by atoms with Gasteiger partial charge in [-0.15, -0.1) is 24.0 Å². The molecular weight excluding hydrogens is 482 g/mol. The van der Waals surface area contributed by atoms with Crippen LogP contribution in [0.15, 0.2) is 23.2 Å². The lowest BCUT2D eigenvalue weighted by Crippen LogP contribution is -2.48. The number of nitrogens with zero attached hydrogens (tertiary/aromatic N) is 2. The van der Waals surface area contributed by atoms with Crippen LogP contribution < -0.4 is 10.6 Å². The molecule has 2 N–H and O–H groups in total. The second-order valence-electron chi connectivity index (χ2n) is 7.24. The van der Waals surface area contributed by atoms with E-state index in [4.69, 9.17) is 16.3 Å². The standard InChI is InChI=1S/C19H28ClFN4O.HI/c1-12-9-16(12)24-19(22-3)23-10-17(25-7-8-26-13(2)11-25)18-14(20)5-4-6-15(18)21;/h4-6,12-13,16-17H,7-11H2,1-3H3,(H2,22,23,24);1H. The molecule has 0 aromatic heterocycles. The molecule has 1 aromatic rings. The quantitative estimate of drug-likeness (QED) is 0.362. The normalized spacial score (nSPS) is 26.9. The van der Waals surface area contributed by atoms with Gasteiger partial charge in [0.15, 0.2) is 5.96 Å². The van der Waals surface area contributed by atoms with Gasteiger partial charge in [-0.1, -0.05) is 24.6 Å². The molecular formula is C19H29ClFIN4O. The smallest absolute Gasteiger partial charge is 0.191 e. The van der Waals surface area contributed by atoms with Crippen LogP contribution in [0, 0.1) is 11.7 Å². The lowest BCUT2D eigenvalue weighted by atomic mass is 10.0. The molecule has 4 atom stereocenters. The minimum absolute atomic E-state index is 0. The number of ether oxygens (including phenoxy) is 1. The summed E-state index contributed by atoms with van der Waals surface area (Å²) in [5.41, 5.74) is 0.533. The summed E-state index contributed by atoms with van der Waals surface area (Å²) < 4.78 is 20.3. The maximum absolute atomic E-state index is 14.6. The molecule has 1 saturated carbocycles. The summed E-state index contributed by atoms with van der Waals surface area (Å²) in [6.07, 6.45) is 1.27. The molecule has 1 aliphatic carbocycles. The van der Waals surface area contributed by atoms with Crippen LogP contribution >= 0.6 is 35.6 Å². The van der Waals surface area contributed by atoms with Crippen LogP contribution in [-0.2, 0) is 4.74 Å². The van der Waals surface area contributed by atoms with E-state index in [2.05, 4.69) is 27.4 Å². The molecule has 5 nitrogen and oxygen atoms in total. The fourth-order valence-corrected chi connectivity index (χ4v) is 3.75. The Morgan fingerprint density at radius 1 is 1.44 bits per heavy atom. The molecule has 1 saturated heterocycles. The Balaban J connectivity index is 0.00000261. The number of morpholine rings is 1. The minimum atomic E-state index is -0.276. The first-order chi connectivity index (χ1) is 12.5. The summed E-state index contributed by atoms with van der Waals surface area (Å²) >= 11 is 6.37. The number of nitrogens with one attached hydrogen (secondary N) is 2. The number of halogens is 3. The second-order valence-corrected chi connectivity index (χ2v) is 7.65. The van der Waals surface area contributed by atoms with Gasteiger partial charge in [0.05, 0.1) is 18.8 Å². The van der Waals surface area contributed by atoms with Crippen molar-refractivity contribution < 1.29 is 9.13 Å². The van der Waals surface area contributed by atoms with Crippen molar-refractivity contribution in [2.24, 2.45) is 10.9 Å². The Hall–Kier alpha value is -0.640. The third-order valence-corrected chi connectivity index (χ3v) is 5.49. The summed E-state index contributed by atoms with van der Waals surface area (Å²) in [4.78, 5) is 6.53. The lowest BCUT2D eigenvalue weighted by Gasteiger charge is -2.38. The number of hydrogen-bond acceptors (Lipinski definition) is 3. The van der Waals surface area contributed by atoms with Crippen LogP contribution in [-0.4, -0.2) is 56.3 Å². The van der Waals surface area contributed by atoms with E-state index in [9.17, 15) is 4.39 Å². The topological polar surface area (TPSA) is 48.9 Å². The number of hydrogen-bond donors (Lipinski definition) is 2. The molecule has 0 amide bonds. The summed E-state index contributed by atoms with van der Waals surface area (Å²) in [5, 5.41) is 7.22. The Kier molecular flexibility index (Phi) is 8.58. The maximum atomic E-state index is 14.6. The number of guanidine groups is 1. The molecule has 1 aromatic carbocycles. The van der Waals surface area contributed by atoms with Gasteiger partial charge in [0.1, 0.15) is 5.82 Å². The van der Waals surface area contributed by atoms with E-state index in [1.807, 2.05) is 6.92 Å². The van der Waals surface area contributed by atoms with Gasteiger partial charge in [0.2, 0.25) is 0 Å². The Labute approximate surface area is 183 Å². The lowest BCUT2D eigenvalue weighted by molar-refractivity contribution is -0.0343. The monoisotopic (exact) mass is 510 g/mol. The van der Waals surface area contributed by atoms with Gasteiger partial charge in [-0.25, -0.2) is 4.39 Å². The fraction of sp³-hybridized carbons (Fsp3) is 0.632. The number of aliphatic imine (C=N–C) groups is 1. The zero-order valence-electron chi connectivity index (χ0n) is 16.0. The molecule has 27 heavy (non-hydrogen) atoms. The first kappa shape index (κ1) is 22.6. The Morgan fingerprint density at radius 2 is 2.19 bits per heavy atom. The molecule has 152 valence electrons. The average Bonchev–Trinajstić information content (AvgIpc) is 3.31. The van der Waals surface area contributed by atoms with E-state index in [0.717, 1.165) is 25.5 Å². The zero-order chi connectivity index (χ0) is 18.7. The summed E-state index contributed by atoms with van der Waals surface area (Å²) in [7, 11) is 1.75. The first-order valence-corrected chi connectivity index (χ1v) is 9.64. The van der Waals surface area contributed by atoms with E-state index < -0.39 is 0 Å². The van der Waals surface area contributed by atoms with Crippen LogP contribution in [0.5, 0.6) is 0 Å². The molecule has 2 fully saturated rings. The molecule has 0 bridgehead atoms. The fourth-order valence-electron chi connectivity index (χ4n) is 3.46. The third-order valence-electron chi connectivity index (χ3n) is 5.16. The van der Waals surface area contributed by atoms with Gasteiger partial charge >= 0.3 is 0 Å². The van der Waals surface area contributed by atoms with Crippen molar-refractivity contribution in [2.75, 3.05) is 33.3 Å². The van der Waals surface area contributed by atoms with Crippen LogP contribution in [0.4, 0.5) is 4.39 Å². The van der Waals surface area contributed by atoms with Gasteiger partial charge in [-0.3, -0.25) is 9.89 Å². The maximum Gasteiger partial charge on any atom is 0.191 e. The highest BCUT2D eigenvalue weighted by Crippen LogP contribution is 2.31. The first-order valence-electron chi connectivity index (χ1n) is 9.26. The van der Waals surface area contributed by atoms with Crippen molar-refractivity contribution in [3.05, 3.63) is 34.6 Å². The van der Waals surface area contributed by atoms with E-state index >= 15 is 0 Å². The molecule has 4 unspecified atom stereocenters. The largest absolute Gasteiger partial charge is 0.376 e. The molecule has 8 heteroatoms. The highest BCUT2D eigenvalue weighted by Gasteiger charge is 2.34. The van der Waals surface area contributed by atoms with Crippen LogP contribution in [0.2, 0.25) is 5.02 Å². The number of rotatable bonds is 5. The van der Waals surface area contributed by atoms with Crippen molar-refractivity contribution in [3.63, 3.8) is 0 Å². The average molecular weight is 511 g/mol. The summed E-state index contributed by atoms with van der Waals surface area (Å²) in [6.45, 7) is 6.89. The molecule has 2 aliphatic rings.